The second-order valence-electron chi connectivity index (χ2n) is 7.69. The van der Waals surface area contributed by atoms with E-state index < -0.39 is 5.91 Å². The minimum Gasteiger partial charge on any atom is -0.497 e. The van der Waals surface area contributed by atoms with Gasteiger partial charge in [0.2, 0.25) is 5.89 Å². The number of carbonyl (C=O) groups is 1. The number of ether oxygens (including phenoxy) is 1. The molecular weight excluding hydrogens is 485 g/mol. The lowest BCUT2D eigenvalue weighted by Gasteiger charge is -2.24. The third kappa shape index (κ3) is 7.99. The SMILES string of the molecule is CC.CCN1CCCCC1.COC1=CCC=C(c2oc(-c3c(Cl)cccc3Cl)nc2C(N)=O)C=C1. The van der Waals surface area contributed by atoms with Gasteiger partial charge in [-0.2, -0.15) is 0 Å². The molecule has 1 fully saturated rings. The van der Waals surface area contributed by atoms with Crippen LogP contribution in [0.15, 0.2) is 52.7 Å². The number of hydrogen-bond donors (Lipinski definition) is 1. The highest BCUT2D eigenvalue weighted by molar-refractivity contribution is 6.38. The normalized spacial score (nSPS) is 15.5. The van der Waals surface area contributed by atoms with Crippen LogP contribution >= 0.6 is 23.2 Å². The van der Waals surface area contributed by atoms with E-state index >= 15 is 0 Å². The standard InChI is InChI=1S/C18H14Cl2N2O3.C7H15N.C2H6/c1-24-11-5-2-4-10(8-9-11)16-15(17(21)23)22-18(25-16)14-12(19)6-3-7-13(14)20;1-2-8-6-4-3-5-7-8;1-2/h3-9H,2H2,1H3,(H2,21,23);2-7H2,1H3;1-2H3. The third-order valence-corrected chi connectivity index (χ3v) is 6.14. The summed E-state index contributed by atoms with van der Waals surface area (Å²) in [6, 6.07) is 5.04. The van der Waals surface area contributed by atoms with Crippen LogP contribution < -0.4 is 5.73 Å². The number of oxazole rings is 1. The van der Waals surface area contributed by atoms with Crippen LogP contribution in [0.3, 0.4) is 0 Å². The van der Waals surface area contributed by atoms with Gasteiger partial charge in [-0.15, -0.1) is 0 Å². The van der Waals surface area contributed by atoms with E-state index in [0.29, 0.717) is 33.4 Å². The lowest BCUT2D eigenvalue weighted by Crippen LogP contribution is -2.29. The maximum atomic E-state index is 11.8. The first-order valence-electron chi connectivity index (χ1n) is 12.0. The molecular formula is C27H35Cl2N3O3. The fourth-order valence-corrected chi connectivity index (χ4v) is 4.26. The highest BCUT2D eigenvalue weighted by Crippen LogP contribution is 2.36. The molecule has 2 heterocycles. The topological polar surface area (TPSA) is 81.6 Å². The molecule has 1 aromatic carbocycles. The summed E-state index contributed by atoms with van der Waals surface area (Å²) in [5, 5.41) is 0.732. The molecule has 0 unspecified atom stereocenters. The monoisotopic (exact) mass is 519 g/mol. The molecule has 4 rings (SSSR count). The number of rotatable bonds is 5. The van der Waals surface area contributed by atoms with Crippen molar-refractivity contribution in [3.8, 4) is 11.5 Å². The van der Waals surface area contributed by atoms with Crippen molar-refractivity contribution in [2.75, 3.05) is 26.7 Å². The van der Waals surface area contributed by atoms with Crippen LogP contribution in [0.2, 0.25) is 10.0 Å². The number of halogens is 2. The van der Waals surface area contributed by atoms with Crippen molar-refractivity contribution in [3.63, 3.8) is 0 Å². The molecule has 8 heteroatoms. The number of nitrogens with two attached hydrogens (primary N) is 1. The summed E-state index contributed by atoms with van der Waals surface area (Å²) in [7, 11) is 1.59. The number of allylic oxidation sites excluding steroid dienone is 5. The molecule has 190 valence electrons. The summed E-state index contributed by atoms with van der Waals surface area (Å²) in [4.78, 5) is 18.6. The number of carbonyl (C=O) groups excluding carboxylic acids is 1. The van der Waals surface area contributed by atoms with Crippen molar-refractivity contribution < 1.29 is 13.9 Å². The Morgan fingerprint density at radius 1 is 1.11 bits per heavy atom. The molecule has 2 N–H and O–H groups in total. The first-order chi connectivity index (χ1) is 16.9. The Bertz CT molecular complexity index is 1050. The van der Waals surface area contributed by atoms with Gasteiger partial charge in [0, 0.05) is 5.57 Å². The highest BCUT2D eigenvalue weighted by Gasteiger charge is 2.23. The molecule has 0 bridgehead atoms. The summed E-state index contributed by atoms with van der Waals surface area (Å²) in [6.07, 6.45) is 12.2. The number of primary amides is 1. The van der Waals surface area contributed by atoms with Crippen molar-refractivity contribution in [1.82, 2.24) is 9.88 Å². The van der Waals surface area contributed by atoms with Crippen LogP contribution in [-0.4, -0.2) is 42.5 Å². The van der Waals surface area contributed by atoms with Gasteiger partial charge in [-0.05, 0) is 69.3 Å². The average molecular weight is 521 g/mol. The van der Waals surface area contributed by atoms with Crippen LogP contribution in [0.1, 0.15) is 62.7 Å². The van der Waals surface area contributed by atoms with Gasteiger partial charge in [0.05, 0.1) is 22.7 Å². The quantitative estimate of drug-likeness (QED) is 0.453. The zero-order valence-electron chi connectivity index (χ0n) is 20.9. The molecule has 0 saturated carbocycles. The van der Waals surface area contributed by atoms with E-state index in [1.807, 2.05) is 26.0 Å². The Balaban J connectivity index is 0.000000363. The molecule has 0 radical (unpaired) electrons. The van der Waals surface area contributed by atoms with Gasteiger partial charge in [0.25, 0.3) is 5.91 Å². The van der Waals surface area contributed by atoms with Crippen LogP contribution in [0.4, 0.5) is 0 Å². The number of hydrogen-bond acceptors (Lipinski definition) is 5. The average Bonchev–Trinajstić information content (AvgIpc) is 3.17. The van der Waals surface area contributed by atoms with Gasteiger partial charge in [0.1, 0.15) is 5.76 Å². The number of methoxy groups -OCH3 is 1. The molecule has 2 aliphatic rings. The summed E-state index contributed by atoms with van der Waals surface area (Å²) < 4.78 is 11.0. The van der Waals surface area contributed by atoms with Gasteiger partial charge in [-0.1, -0.05) is 62.5 Å². The Kier molecular flexibility index (Phi) is 12.1. The Hall–Kier alpha value is -2.54. The van der Waals surface area contributed by atoms with Gasteiger partial charge < -0.3 is 19.8 Å². The number of aromatic nitrogens is 1. The zero-order valence-corrected chi connectivity index (χ0v) is 22.5. The maximum absolute atomic E-state index is 11.8. The first kappa shape index (κ1) is 28.7. The Labute approximate surface area is 218 Å². The van der Waals surface area contributed by atoms with E-state index in [1.165, 1.54) is 38.9 Å². The molecule has 1 aliphatic carbocycles. The predicted molar refractivity (Wildman–Crippen MR) is 145 cm³/mol. The minimum atomic E-state index is -0.702. The Morgan fingerprint density at radius 3 is 2.31 bits per heavy atom. The lowest BCUT2D eigenvalue weighted by molar-refractivity contribution is 0.0995. The molecule has 0 spiro atoms. The number of nitrogens with zero attached hydrogens (tertiary/aromatic N) is 2. The van der Waals surface area contributed by atoms with Gasteiger partial charge in [0.15, 0.2) is 11.5 Å². The molecule has 1 aromatic heterocycles. The zero-order chi connectivity index (χ0) is 25.8. The fourth-order valence-electron chi connectivity index (χ4n) is 3.70. The van der Waals surface area contributed by atoms with Gasteiger partial charge >= 0.3 is 0 Å². The molecule has 1 aliphatic heterocycles. The molecule has 0 atom stereocenters. The number of piperidine rings is 1. The van der Waals surface area contributed by atoms with Gasteiger partial charge in [-0.3, -0.25) is 4.79 Å². The third-order valence-electron chi connectivity index (χ3n) is 5.51. The van der Waals surface area contributed by atoms with Crippen LogP contribution in [0.25, 0.3) is 17.0 Å². The highest BCUT2D eigenvalue weighted by atomic mass is 35.5. The first-order valence-corrected chi connectivity index (χ1v) is 12.8. The van der Waals surface area contributed by atoms with Crippen LogP contribution in [0, 0.1) is 0 Å². The van der Waals surface area contributed by atoms with Crippen molar-refractivity contribution >= 4 is 34.7 Å². The molecule has 2 aromatic rings. The summed E-state index contributed by atoms with van der Waals surface area (Å²) in [6.45, 7) is 10.2. The summed E-state index contributed by atoms with van der Waals surface area (Å²) >= 11 is 12.4. The molecule has 1 saturated heterocycles. The predicted octanol–water partition coefficient (Wildman–Crippen LogP) is 7.14. The second-order valence-corrected chi connectivity index (χ2v) is 8.51. The lowest BCUT2D eigenvalue weighted by atomic mass is 10.1. The van der Waals surface area contributed by atoms with E-state index in [4.69, 9.17) is 38.1 Å². The smallest absolute Gasteiger partial charge is 0.271 e. The molecule has 1 amide bonds. The molecule has 6 nitrogen and oxygen atoms in total. The second kappa shape index (κ2) is 14.8. The number of likely N-dealkylation sites (tertiary alicyclic amines) is 1. The van der Waals surface area contributed by atoms with E-state index in [1.54, 1.807) is 37.5 Å². The minimum absolute atomic E-state index is 0.0164. The van der Waals surface area contributed by atoms with E-state index in [9.17, 15) is 4.79 Å². The van der Waals surface area contributed by atoms with Crippen molar-refractivity contribution in [2.24, 2.45) is 5.73 Å². The van der Waals surface area contributed by atoms with E-state index in [0.717, 1.165) is 0 Å². The van der Waals surface area contributed by atoms with Crippen LogP contribution in [-0.2, 0) is 4.74 Å². The van der Waals surface area contributed by atoms with Crippen molar-refractivity contribution in [1.29, 1.82) is 0 Å². The largest absolute Gasteiger partial charge is 0.497 e. The number of amides is 1. The van der Waals surface area contributed by atoms with Crippen molar-refractivity contribution in [2.45, 2.75) is 46.5 Å². The molecule has 35 heavy (non-hydrogen) atoms. The maximum Gasteiger partial charge on any atom is 0.271 e. The van der Waals surface area contributed by atoms with Gasteiger partial charge in [-0.25, -0.2) is 4.98 Å². The fraction of sp³-hybridized carbons (Fsp3) is 0.407. The summed E-state index contributed by atoms with van der Waals surface area (Å²) in [5.41, 5.74) is 6.56. The van der Waals surface area contributed by atoms with E-state index in [2.05, 4.69) is 16.8 Å². The van der Waals surface area contributed by atoms with Crippen LogP contribution in [0.5, 0.6) is 0 Å². The summed E-state index contributed by atoms with van der Waals surface area (Å²) in [5.74, 6) is 0.408. The number of benzene rings is 1. The Morgan fingerprint density at radius 2 is 1.77 bits per heavy atom. The van der Waals surface area contributed by atoms with Crippen molar-refractivity contribution in [3.05, 3.63) is 69.8 Å². The van der Waals surface area contributed by atoms with E-state index in [-0.39, 0.29) is 17.3 Å².